The molecule has 0 amide bonds. The third-order valence-electron chi connectivity index (χ3n) is 3.09. The zero-order chi connectivity index (χ0) is 15.6. The predicted molar refractivity (Wildman–Crippen MR) is 78.3 cm³/mol. The number of carbonyl (C=O) groups is 1. The first-order valence-corrected chi connectivity index (χ1v) is 8.48. The Labute approximate surface area is 122 Å². The molecule has 20 heavy (non-hydrogen) atoms. The highest BCUT2D eigenvalue weighted by atomic mass is 28.4. The van der Waals surface area contributed by atoms with Crippen molar-refractivity contribution in [3.05, 3.63) is 0 Å². The van der Waals surface area contributed by atoms with Crippen LogP contribution in [0.5, 0.6) is 0 Å². The van der Waals surface area contributed by atoms with Gasteiger partial charge in [-0.25, -0.2) is 0 Å². The average molecular weight is 308 g/mol. The van der Waals surface area contributed by atoms with Crippen LogP contribution >= 0.6 is 0 Å². The first kappa shape index (κ1) is 19.5. The van der Waals surface area contributed by atoms with Crippen molar-refractivity contribution in [3.63, 3.8) is 0 Å². The van der Waals surface area contributed by atoms with Crippen LogP contribution in [0.2, 0.25) is 0 Å². The van der Waals surface area contributed by atoms with Gasteiger partial charge >= 0.3 is 14.9 Å². The summed E-state index contributed by atoms with van der Waals surface area (Å²) < 4.78 is 18.5. The van der Waals surface area contributed by atoms with E-state index in [1.54, 1.807) is 28.3 Å². The maximum absolute atomic E-state index is 10.7. The molecule has 2 N–H and O–H groups in total. The van der Waals surface area contributed by atoms with Crippen LogP contribution in [0, 0.1) is 5.92 Å². The summed E-state index contributed by atoms with van der Waals surface area (Å²) in [7, 11) is 1.97. The summed E-state index contributed by atoms with van der Waals surface area (Å²) >= 11 is 0. The number of nitrogens with one attached hydrogen (secondary N) is 1. The lowest BCUT2D eigenvalue weighted by Gasteiger charge is -2.35. The summed E-state index contributed by atoms with van der Waals surface area (Å²) in [5.74, 6) is -1.19. The molecule has 0 spiro atoms. The summed E-state index contributed by atoms with van der Waals surface area (Å²) in [5.41, 5.74) is 0. The highest BCUT2D eigenvalue weighted by molar-refractivity contribution is 6.57. The second-order valence-electron chi connectivity index (χ2n) is 4.57. The van der Waals surface area contributed by atoms with Gasteiger partial charge in [0, 0.05) is 41.0 Å². The van der Waals surface area contributed by atoms with Gasteiger partial charge in [-0.15, -0.1) is 0 Å². The molecular formula is C12H28N2O5Si. The minimum absolute atomic E-state index is 0.399. The summed E-state index contributed by atoms with van der Waals surface area (Å²) in [6.45, 7) is 6.34. The normalized spacial score (nSPS) is 13.7. The van der Waals surface area contributed by atoms with Gasteiger partial charge < -0.3 is 23.7 Å². The fourth-order valence-corrected chi connectivity index (χ4v) is 4.07. The van der Waals surface area contributed by atoms with E-state index >= 15 is 0 Å². The maximum atomic E-state index is 10.7. The summed E-state index contributed by atoms with van der Waals surface area (Å²) in [4.78, 5) is 10.7. The molecule has 0 aliphatic carbocycles. The summed E-state index contributed by atoms with van der Waals surface area (Å²) in [6.07, 6.45) is 0.955. The molecule has 0 aromatic rings. The van der Waals surface area contributed by atoms with Crippen LogP contribution in [0.1, 0.15) is 20.3 Å². The van der Waals surface area contributed by atoms with E-state index in [9.17, 15) is 4.79 Å². The van der Waals surface area contributed by atoms with E-state index in [-0.39, 0.29) is 0 Å². The van der Waals surface area contributed by atoms with Crippen LogP contribution in [-0.4, -0.2) is 72.1 Å². The standard InChI is InChI=1S/C12H28N2O5Si/c1-6-8-14(20(17-3,18-4)19-5)9-7-13-10-11(2)12(15)16/h11,13H,6-10H2,1-5H3,(H,15,16). The number of hydrogen-bond acceptors (Lipinski definition) is 6. The number of hydrogen-bond donors (Lipinski definition) is 2. The molecule has 0 aliphatic rings. The van der Waals surface area contributed by atoms with Crippen molar-refractivity contribution in [3.8, 4) is 0 Å². The van der Waals surface area contributed by atoms with E-state index in [2.05, 4.69) is 16.8 Å². The SMILES string of the molecule is CCCN(CCNCC(C)C(=O)O)[Si](OC)(OC)OC. The number of nitrogens with zero attached hydrogens (tertiary/aromatic N) is 1. The van der Waals surface area contributed by atoms with Gasteiger partial charge in [-0.2, -0.15) is 0 Å². The van der Waals surface area contributed by atoms with Crippen LogP contribution in [0.15, 0.2) is 0 Å². The molecule has 0 saturated carbocycles. The van der Waals surface area contributed by atoms with Crippen LogP contribution in [0.4, 0.5) is 0 Å². The van der Waals surface area contributed by atoms with E-state index < -0.39 is 20.9 Å². The van der Waals surface area contributed by atoms with Crippen molar-refractivity contribution >= 4 is 14.9 Å². The monoisotopic (exact) mass is 308 g/mol. The van der Waals surface area contributed by atoms with Gasteiger partial charge in [0.15, 0.2) is 0 Å². The number of carboxylic acids is 1. The lowest BCUT2D eigenvalue weighted by atomic mass is 10.2. The Balaban J connectivity index is 4.37. The third-order valence-corrected chi connectivity index (χ3v) is 5.85. The van der Waals surface area contributed by atoms with Crippen LogP contribution in [0.3, 0.4) is 0 Å². The molecule has 1 atom stereocenters. The van der Waals surface area contributed by atoms with E-state index in [0.717, 1.165) is 13.0 Å². The predicted octanol–water partition coefficient (Wildman–Crippen LogP) is 0.384. The van der Waals surface area contributed by atoms with Crippen molar-refractivity contribution in [1.82, 2.24) is 9.88 Å². The largest absolute Gasteiger partial charge is 0.598 e. The van der Waals surface area contributed by atoms with E-state index in [1.165, 1.54) is 0 Å². The quantitative estimate of drug-likeness (QED) is 0.398. The second kappa shape index (κ2) is 10.2. The number of rotatable bonds is 12. The Hall–Kier alpha value is -0.513. The Kier molecular flexibility index (Phi) is 9.99. The van der Waals surface area contributed by atoms with E-state index in [0.29, 0.717) is 19.6 Å². The Morgan fingerprint density at radius 2 is 1.80 bits per heavy atom. The number of aliphatic carboxylic acids is 1. The molecule has 0 aromatic heterocycles. The minimum atomic E-state index is -2.79. The van der Waals surface area contributed by atoms with Crippen molar-refractivity contribution in [2.75, 3.05) is 47.5 Å². The third kappa shape index (κ3) is 5.86. The van der Waals surface area contributed by atoms with Crippen molar-refractivity contribution in [2.24, 2.45) is 5.92 Å². The van der Waals surface area contributed by atoms with Crippen molar-refractivity contribution in [1.29, 1.82) is 0 Å². The van der Waals surface area contributed by atoms with Crippen LogP contribution in [0.25, 0.3) is 0 Å². The molecule has 1 unspecified atom stereocenters. The Bertz CT molecular complexity index is 268. The van der Waals surface area contributed by atoms with Gasteiger partial charge in [-0.1, -0.05) is 13.8 Å². The molecule has 0 rings (SSSR count). The van der Waals surface area contributed by atoms with E-state index in [4.69, 9.17) is 18.4 Å². The van der Waals surface area contributed by atoms with Gasteiger partial charge in [-0.05, 0) is 13.0 Å². The van der Waals surface area contributed by atoms with Crippen LogP contribution in [-0.2, 0) is 18.1 Å². The number of carboxylic acid groups (broad SMARTS) is 1. The molecule has 0 aromatic carbocycles. The van der Waals surface area contributed by atoms with Gasteiger partial charge in [0.25, 0.3) is 0 Å². The molecule has 0 aliphatic heterocycles. The van der Waals surface area contributed by atoms with Gasteiger partial charge in [0.2, 0.25) is 0 Å². The Morgan fingerprint density at radius 3 is 2.20 bits per heavy atom. The summed E-state index contributed by atoms with van der Waals surface area (Å²) in [5, 5.41) is 11.9. The average Bonchev–Trinajstić information content (AvgIpc) is 2.45. The molecular weight excluding hydrogens is 280 g/mol. The first-order chi connectivity index (χ1) is 9.47. The smallest absolute Gasteiger partial charge is 0.481 e. The van der Waals surface area contributed by atoms with Gasteiger partial charge in [0.05, 0.1) is 5.92 Å². The highest BCUT2D eigenvalue weighted by Crippen LogP contribution is 2.13. The van der Waals surface area contributed by atoms with Gasteiger partial charge in [-0.3, -0.25) is 9.36 Å². The highest BCUT2D eigenvalue weighted by Gasteiger charge is 2.45. The lowest BCUT2D eigenvalue weighted by molar-refractivity contribution is -0.140. The Morgan fingerprint density at radius 1 is 1.25 bits per heavy atom. The van der Waals surface area contributed by atoms with Crippen LogP contribution < -0.4 is 5.32 Å². The van der Waals surface area contributed by atoms with Gasteiger partial charge in [0.1, 0.15) is 0 Å². The minimum Gasteiger partial charge on any atom is -0.481 e. The first-order valence-electron chi connectivity index (χ1n) is 6.81. The zero-order valence-electron chi connectivity index (χ0n) is 13.1. The second-order valence-corrected chi connectivity index (χ2v) is 7.47. The van der Waals surface area contributed by atoms with E-state index in [1.807, 2.05) is 0 Å². The molecule has 7 nitrogen and oxygen atoms in total. The topological polar surface area (TPSA) is 80.3 Å². The zero-order valence-corrected chi connectivity index (χ0v) is 14.1. The van der Waals surface area contributed by atoms with Crippen molar-refractivity contribution < 1.29 is 23.2 Å². The molecule has 8 heteroatoms. The molecule has 0 radical (unpaired) electrons. The lowest BCUT2D eigenvalue weighted by Crippen LogP contribution is -2.61. The molecule has 0 fully saturated rings. The fourth-order valence-electron chi connectivity index (χ4n) is 1.91. The van der Waals surface area contributed by atoms with Crippen molar-refractivity contribution in [2.45, 2.75) is 20.3 Å². The fraction of sp³-hybridized carbons (Fsp3) is 0.917. The molecule has 0 heterocycles. The molecule has 0 saturated heterocycles. The summed E-state index contributed by atoms with van der Waals surface area (Å²) in [6, 6.07) is 0. The maximum Gasteiger partial charge on any atom is 0.598 e. The molecule has 0 bridgehead atoms. The molecule has 120 valence electrons.